The molecule has 0 aromatic carbocycles. The van der Waals surface area contributed by atoms with E-state index in [9.17, 15) is 4.79 Å². The third-order valence-electron chi connectivity index (χ3n) is 0.899. The Balaban J connectivity index is 3.97. The standard InChI is InChI=1S/C8H10O/c1-3-5-8(7-9)6-4-2/h3,5H2,1-2H3. The number of rotatable bonds is 2. The summed E-state index contributed by atoms with van der Waals surface area (Å²) in [6.07, 6.45) is 1.71. The highest BCUT2D eigenvalue weighted by Crippen LogP contribution is 1.96. The summed E-state index contributed by atoms with van der Waals surface area (Å²) in [4.78, 5) is 10.0. The molecule has 0 aliphatic rings. The van der Waals surface area contributed by atoms with Crippen molar-refractivity contribution < 1.29 is 4.79 Å². The second-order valence-corrected chi connectivity index (χ2v) is 1.71. The maximum Gasteiger partial charge on any atom is 0.137 e. The largest absolute Gasteiger partial charge is 0.232 e. The molecular weight excluding hydrogens is 112 g/mol. The van der Waals surface area contributed by atoms with Gasteiger partial charge in [-0.1, -0.05) is 19.3 Å². The smallest absolute Gasteiger partial charge is 0.137 e. The molecule has 0 aliphatic carbocycles. The zero-order valence-corrected chi connectivity index (χ0v) is 5.82. The molecule has 9 heavy (non-hydrogen) atoms. The van der Waals surface area contributed by atoms with Crippen LogP contribution < -0.4 is 0 Å². The summed E-state index contributed by atoms with van der Waals surface area (Å²) in [6.45, 7) is 3.72. The second kappa shape index (κ2) is 5.15. The van der Waals surface area contributed by atoms with E-state index < -0.39 is 0 Å². The van der Waals surface area contributed by atoms with E-state index in [4.69, 9.17) is 0 Å². The van der Waals surface area contributed by atoms with Gasteiger partial charge in [0.05, 0.1) is 5.57 Å². The molecule has 0 aromatic rings. The van der Waals surface area contributed by atoms with E-state index in [2.05, 4.69) is 11.8 Å². The van der Waals surface area contributed by atoms with Gasteiger partial charge in [-0.2, -0.15) is 0 Å². The molecule has 0 aliphatic heterocycles. The van der Waals surface area contributed by atoms with Crippen LogP contribution in [-0.4, -0.2) is 5.94 Å². The molecule has 0 spiro atoms. The van der Waals surface area contributed by atoms with Crippen molar-refractivity contribution in [2.75, 3.05) is 0 Å². The van der Waals surface area contributed by atoms with E-state index in [0.717, 1.165) is 12.8 Å². The second-order valence-electron chi connectivity index (χ2n) is 1.71. The molecule has 0 saturated carbocycles. The molecule has 0 unspecified atom stereocenters. The topological polar surface area (TPSA) is 17.1 Å². The van der Waals surface area contributed by atoms with Crippen molar-refractivity contribution in [2.24, 2.45) is 0 Å². The van der Waals surface area contributed by atoms with Gasteiger partial charge in [0.1, 0.15) is 5.94 Å². The molecule has 0 heterocycles. The molecule has 0 bridgehead atoms. The number of hydrogen-bond acceptors (Lipinski definition) is 1. The third kappa shape index (κ3) is 3.58. The van der Waals surface area contributed by atoms with Crippen molar-refractivity contribution in [3.05, 3.63) is 5.57 Å². The Kier molecular flexibility index (Phi) is 4.59. The highest BCUT2D eigenvalue weighted by molar-refractivity contribution is 5.60. The Hall–Kier alpha value is -0.990. The van der Waals surface area contributed by atoms with Crippen LogP contribution in [0.5, 0.6) is 0 Å². The summed E-state index contributed by atoms with van der Waals surface area (Å²) in [5.41, 5.74) is 0.583. The Morgan fingerprint density at radius 2 is 2.22 bits per heavy atom. The molecule has 0 saturated heterocycles. The number of allylic oxidation sites excluding steroid dienone is 1. The molecule has 1 heteroatoms. The summed E-state index contributed by atoms with van der Waals surface area (Å²) in [6, 6.07) is 0. The summed E-state index contributed by atoms with van der Waals surface area (Å²) in [7, 11) is 0. The van der Waals surface area contributed by atoms with Gasteiger partial charge >= 0.3 is 0 Å². The summed E-state index contributed by atoms with van der Waals surface area (Å²) >= 11 is 0. The first-order chi connectivity index (χ1) is 4.35. The molecule has 0 fully saturated rings. The lowest BCUT2D eigenvalue weighted by Crippen LogP contribution is -1.77. The minimum Gasteiger partial charge on any atom is -0.232 e. The van der Waals surface area contributed by atoms with E-state index in [-0.39, 0.29) is 0 Å². The van der Waals surface area contributed by atoms with Crippen LogP contribution in [0.2, 0.25) is 0 Å². The van der Waals surface area contributed by atoms with Gasteiger partial charge in [-0.3, -0.25) is 0 Å². The Bertz CT molecular complexity index is 174. The van der Waals surface area contributed by atoms with Gasteiger partial charge in [0.25, 0.3) is 0 Å². The van der Waals surface area contributed by atoms with Crippen molar-refractivity contribution >= 4 is 5.94 Å². The van der Waals surface area contributed by atoms with Crippen molar-refractivity contribution in [3.63, 3.8) is 0 Å². The molecule has 0 N–H and O–H groups in total. The Morgan fingerprint density at radius 1 is 1.56 bits per heavy atom. The van der Waals surface area contributed by atoms with Crippen LogP contribution in [0.4, 0.5) is 0 Å². The first kappa shape index (κ1) is 8.01. The molecule has 0 amide bonds. The maximum atomic E-state index is 10.0. The van der Waals surface area contributed by atoms with E-state index in [1.807, 2.05) is 6.92 Å². The molecule has 0 aromatic heterocycles. The predicted molar refractivity (Wildman–Crippen MR) is 37.6 cm³/mol. The normalized spacial score (nSPS) is 6.89. The van der Waals surface area contributed by atoms with Crippen LogP contribution in [0.15, 0.2) is 5.57 Å². The van der Waals surface area contributed by atoms with Crippen LogP contribution in [0.3, 0.4) is 0 Å². The lowest BCUT2D eigenvalue weighted by Gasteiger charge is -1.85. The molecule has 0 atom stereocenters. The fourth-order valence-electron chi connectivity index (χ4n) is 0.540. The summed E-state index contributed by atoms with van der Waals surface area (Å²) in [5.74, 6) is 7.13. The molecule has 0 rings (SSSR count). The molecule has 48 valence electrons. The quantitative estimate of drug-likeness (QED) is 0.401. The fourth-order valence-corrected chi connectivity index (χ4v) is 0.540. The Morgan fingerprint density at radius 3 is 2.56 bits per heavy atom. The van der Waals surface area contributed by atoms with Crippen LogP contribution in [0.1, 0.15) is 26.7 Å². The van der Waals surface area contributed by atoms with Gasteiger partial charge in [-0.25, -0.2) is 4.79 Å². The predicted octanol–water partition coefficient (Wildman–Crippen LogP) is 1.57. The molecular formula is C8H10O. The minimum atomic E-state index is 0.583. The van der Waals surface area contributed by atoms with Gasteiger partial charge in [-0.15, -0.1) is 5.92 Å². The average Bonchev–Trinajstić information content (AvgIpc) is 1.88. The van der Waals surface area contributed by atoms with E-state index in [1.165, 1.54) is 0 Å². The molecule has 0 radical (unpaired) electrons. The van der Waals surface area contributed by atoms with Gasteiger partial charge < -0.3 is 0 Å². The third-order valence-corrected chi connectivity index (χ3v) is 0.899. The van der Waals surface area contributed by atoms with Crippen LogP contribution in [0, 0.1) is 11.8 Å². The van der Waals surface area contributed by atoms with Crippen molar-refractivity contribution in [1.29, 1.82) is 0 Å². The van der Waals surface area contributed by atoms with Gasteiger partial charge in [0.2, 0.25) is 0 Å². The lowest BCUT2D eigenvalue weighted by atomic mass is 10.2. The summed E-state index contributed by atoms with van der Waals surface area (Å²) in [5, 5.41) is 0. The Labute approximate surface area is 55.8 Å². The van der Waals surface area contributed by atoms with E-state index >= 15 is 0 Å². The molecule has 1 nitrogen and oxygen atoms in total. The van der Waals surface area contributed by atoms with Gasteiger partial charge in [0.15, 0.2) is 0 Å². The first-order valence-corrected chi connectivity index (χ1v) is 3.01. The highest BCUT2D eigenvalue weighted by Gasteiger charge is 1.87. The van der Waals surface area contributed by atoms with E-state index in [1.54, 1.807) is 12.9 Å². The first-order valence-electron chi connectivity index (χ1n) is 3.01. The maximum absolute atomic E-state index is 10.0. The minimum absolute atomic E-state index is 0.583. The average molecular weight is 122 g/mol. The van der Waals surface area contributed by atoms with Crippen molar-refractivity contribution in [1.82, 2.24) is 0 Å². The zero-order chi connectivity index (χ0) is 7.11. The van der Waals surface area contributed by atoms with Crippen LogP contribution in [-0.2, 0) is 4.79 Å². The lowest BCUT2D eigenvalue weighted by molar-refractivity contribution is 0.567. The summed E-state index contributed by atoms with van der Waals surface area (Å²) < 4.78 is 0. The van der Waals surface area contributed by atoms with Crippen LogP contribution >= 0.6 is 0 Å². The van der Waals surface area contributed by atoms with Gasteiger partial charge in [-0.05, 0) is 13.3 Å². The highest BCUT2D eigenvalue weighted by atomic mass is 16.1. The monoisotopic (exact) mass is 122 g/mol. The van der Waals surface area contributed by atoms with Crippen molar-refractivity contribution in [3.8, 4) is 11.8 Å². The number of hydrogen-bond donors (Lipinski definition) is 0. The zero-order valence-electron chi connectivity index (χ0n) is 5.82. The van der Waals surface area contributed by atoms with Crippen LogP contribution in [0.25, 0.3) is 0 Å². The SMILES string of the molecule is CC#CC(=C=O)CCC. The fraction of sp³-hybridized carbons (Fsp3) is 0.500. The van der Waals surface area contributed by atoms with Gasteiger partial charge in [0, 0.05) is 0 Å². The van der Waals surface area contributed by atoms with Crippen molar-refractivity contribution in [2.45, 2.75) is 26.7 Å². The van der Waals surface area contributed by atoms with E-state index in [0.29, 0.717) is 5.57 Å². The number of carbonyl (C=O) groups excluding carboxylic acids is 1.